The van der Waals surface area contributed by atoms with Crippen molar-refractivity contribution in [1.82, 2.24) is 5.32 Å². The van der Waals surface area contributed by atoms with Crippen molar-refractivity contribution in [3.63, 3.8) is 0 Å². The molecule has 0 aliphatic rings. The lowest BCUT2D eigenvalue weighted by atomic mass is 10.0. The van der Waals surface area contributed by atoms with Crippen LogP contribution in [-0.4, -0.2) is 11.8 Å². The Morgan fingerprint density at radius 3 is 2.04 bits per heavy atom. The van der Waals surface area contributed by atoms with Crippen LogP contribution < -0.4 is 10.6 Å². The third kappa shape index (κ3) is 5.28. The molecule has 0 spiro atoms. The van der Waals surface area contributed by atoms with Gasteiger partial charge in [0.1, 0.15) is 0 Å². The Balaban J connectivity index is 1.73. The monoisotopic (exact) mass is 358 g/mol. The maximum Gasteiger partial charge on any atom is 0.251 e. The first-order valence-corrected chi connectivity index (χ1v) is 8.89. The zero-order valence-corrected chi connectivity index (χ0v) is 15.2. The Morgan fingerprint density at radius 1 is 0.815 bits per heavy atom. The van der Waals surface area contributed by atoms with E-state index < -0.39 is 6.04 Å². The summed E-state index contributed by atoms with van der Waals surface area (Å²) in [7, 11) is 0. The molecular weight excluding hydrogens is 336 g/mol. The van der Waals surface area contributed by atoms with Crippen LogP contribution in [0.5, 0.6) is 0 Å². The van der Waals surface area contributed by atoms with Crippen molar-refractivity contribution in [3.8, 4) is 0 Å². The van der Waals surface area contributed by atoms with Crippen LogP contribution in [0.25, 0.3) is 0 Å². The Labute approximate surface area is 159 Å². The Hall–Kier alpha value is -3.40. The van der Waals surface area contributed by atoms with Crippen LogP contribution in [0.3, 0.4) is 0 Å². The van der Waals surface area contributed by atoms with Gasteiger partial charge < -0.3 is 10.6 Å². The summed E-state index contributed by atoms with van der Waals surface area (Å²) in [6, 6.07) is 25.7. The largest absolute Gasteiger partial charge is 0.345 e. The van der Waals surface area contributed by atoms with Crippen LogP contribution >= 0.6 is 0 Å². The highest BCUT2D eigenvalue weighted by atomic mass is 16.2. The molecule has 4 nitrogen and oxygen atoms in total. The lowest BCUT2D eigenvalue weighted by Crippen LogP contribution is -2.31. The topological polar surface area (TPSA) is 58.2 Å². The predicted molar refractivity (Wildman–Crippen MR) is 108 cm³/mol. The minimum atomic E-state index is -0.413. The summed E-state index contributed by atoms with van der Waals surface area (Å²) in [5.74, 6) is -0.353. The Morgan fingerprint density at radius 2 is 1.41 bits per heavy atom. The summed E-state index contributed by atoms with van der Waals surface area (Å²) < 4.78 is 0. The van der Waals surface area contributed by atoms with Gasteiger partial charge in [-0.3, -0.25) is 9.59 Å². The zero-order valence-electron chi connectivity index (χ0n) is 15.2. The summed E-state index contributed by atoms with van der Waals surface area (Å²) in [5, 5.41) is 5.87. The van der Waals surface area contributed by atoms with Gasteiger partial charge in [-0.1, -0.05) is 66.2 Å². The van der Waals surface area contributed by atoms with Gasteiger partial charge in [0.15, 0.2) is 0 Å². The Bertz CT molecular complexity index is 891. The molecule has 27 heavy (non-hydrogen) atoms. The minimum absolute atomic E-state index is 0.149. The van der Waals surface area contributed by atoms with Crippen molar-refractivity contribution < 1.29 is 9.59 Å². The van der Waals surface area contributed by atoms with E-state index in [-0.39, 0.29) is 18.2 Å². The summed E-state index contributed by atoms with van der Waals surface area (Å²) in [4.78, 5) is 25.1. The van der Waals surface area contributed by atoms with Gasteiger partial charge in [-0.05, 0) is 36.8 Å². The molecule has 3 rings (SSSR count). The fourth-order valence-electron chi connectivity index (χ4n) is 2.80. The molecule has 2 N–H and O–H groups in total. The van der Waals surface area contributed by atoms with Crippen LogP contribution in [0.4, 0.5) is 5.69 Å². The molecule has 0 bridgehead atoms. The molecule has 2 amide bonds. The molecular formula is C23H22N2O2. The number of hydrogen-bond acceptors (Lipinski definition) is 2. The third-order valence-electron chi connectivity index (χ3n) is 4.27. The fourth-order valence-corrected chi connectivity index (χ4v) is 2.80. The summed E-state index contributed by atoms with van der Waals surface area (Å²) in [6.07, 6.45) is 0.149. The van der Waals surface area contributed by atoms with Crippen LogP contribution in [-0.2, 0) is 4.79 Å². The van der Waals surface area contributed by atoms with Gasteiger partial charge in [0.05, 0.1) is 12.5 Å². The van der Waals surface area contributed by atoms with Gasteiger partial charge in [-0.25, -0.2) is 0 Å². The molecule has 0 aliphatic heterocycles. The van der Waals surface area contributed by atoms with Crippen molar-refractivity contribution in [2.75, 3.05) is 5.32 Å². The number of nitrogens with one attached hydrogen (secondary N) is 2. The first-order chi connectivity index (χ1) is 13.1. The first kappa shape index (κ1) is 18.4. The van der Waals surface area contributed by atoms with Crippen LogP contribution in [0.1, 0.15) is 33.9 Å². The van der Waals surface area contributed by atoms with E-state index in [1.54, 1.807) is 12.1 Å². The van der Waals surface area contributed by atoms with E-state index in [0.717, 1.165) is 16.8 Å². The summed E-state index contributed by atoms with van der Waals surface area (Å²) in [6.45, 7) is 2.00. The molecule has 0 aromatic heterocycles. The minimum Gasteiger partial charge on any atom is -0.345 e. The SMILES string of the molecule is Cc1ccc(NC(=O)CC(NC(=O)c2ccccc2)c2ccccc2)cc1. The molecule has 0 heterocycles. The molecule has 136 valence electrons. The average molecular weight is 358 g/mol. The fraction of sp³-hybridized carbons (Fsp3) is 0.130. The number of amides is 2. The standard InChI is InChI=1S/C23H22N2O2/c1-17-12-14-20(15-13-17)24-22(26)16-21(18-8-4-2-5-9-18)25-23(27)19-10-6-3-7-11-19/h2-15,21H,16H2,1H3,(H,24,26)(H,25,27). The second-order valence-corrected chi connectivity index (χ2v) is 6.42. The van der Waals surface area contributed by atoms with E-state index >= 15 is 0 Å². The zero-order chi connectivity index (χ0) is 19.1. The van der Waals surface area contributed by atoms with Crippen molar-refractivity contribution in [1.29, 1.82) is 0 Å². The molecule has 3 aromatic rings. The normalized spacial score (nSPS) is 11.4. The molecule has 0 saturated heterocycles. The van der Waals surface area contributed by atoms with Crippen LogP contribution in [0, 0.1) is 6.92 Å². The number of benzene rings is 3. The van der Waals surface area contributed by atoms with Gasteiger partial charge in [0, 0.05) is 11.3 Å². The smallest absolute Gasteiger partial charge is 0.251 e. The van der Waals surface area contributed by atoms with E-state index in [2.05, 4.69) is 10.6 Å². The Kier molecular flexibility index (Phi) is 6.00. The number of hydrogen-bond donors (Lipinski definition) is 2. The van der Waals surface area contributed by atoms with Crippen molar-refractivity contribution in [2.24, 2.45) is 0 Å². The molecule has 0 aliphatic carbocycles. The molecule has 4 heteroatoms. The highest BCUT2D eigenvalue weighted by Crippen LogP contribution is 2.19. The highest BCUT2D eigenvalue weighted by Gasteiger charge is 2.19. The van der Waals surface area contributed by atoms with Crippen molar-refractivity contribution in [2.45, 2.75) is 19.4 Å². The van der Waals surface area contributed by atoms with Crippen molar-refractivity contribution in [3.05, 3.63) is 102 Å². The summed E-state index contributed by atoms with van der Waals surface area (Å²) >= 11 is 0. The van der Waals surface area contributed by atoms with Gasteiger partial charge in [-0.2, -0.15) is 0 Å². The molecule has 0 saturated carbocycles. The van der Waals surface area contributed by atoms with E-state index in [1.165, 1.54) is 0 Å². The second-order valence-electron chi connectivity index (χ2n) is 6.42. The first-order valence-electron chi connectivity index (χ1n) is 8.89. The summed E-state index contributed by atoms with van der Waals surface area (Å²) in [5.41, 5.74) is 3.33. The number of carbonyl (C=O) groups is 2. The van der Waals surface area contributed by atoms with Crippen molar-refractivity contribution >= 4 is 17.5 Å². The second kappa shape index (κ2) is 8.81. The number of carbonyl (C=O) groups excluding carboxylic acids is 2. The number of aryl methyl sites for hydroxylation is 1. The molecule has 0 radical (unpaired) electrons. The van der Waals surface area contributed by atoms with Gasteiger partial charge >= 0.3 is 0 Å². The quantitative estimate of drug-likeness (QED) is 0.682. The van der Waals surface area contributed by atoms with Crippen LogP contribution in [0.2, 0.25) is 0 Å². The highest BCUT2D eigenvalue weighted by molar-refractivity contribution is 5.95. The van der Waals surface area contributed by atoms with E-state index in [0.29, 0.717) is 5.56 Å². The average Bonchev–Trinajstić information content (AvgIpc) is 2.70. The lowest BCUT2D eigenvalue weighted by Gasteiger charge is -2.19. The number of anilines is 1. The van der Waals surface area contributed by atoms with Gasteiger partial charge in [-0.15, -0.1) is 0 Å². The van der Waals surface area contributed by atoms with Gasteiger partial charge in [0.25, 0.3) is 5.91 Å². The van der Waals surface area contributed by atoms with E-state index in [1.807, 2.05) is 79.7 Å². The number of rotatable bonds is 6. The lowest BCUT2D eigenvalue weighted by molar-refractivity contribution is -0.116. The predicted octanol–water partition coefficient (Wildman–Crippen LogP) is 4.49. The molecule has 0 fully saturated rings. The van der Waals surface area contributed by atoms with Crippen LogP contribution in [0.15, 0.2) is 84.9 Å². The third-order valence-corrected chi connectivity index (χ3v) is 4.27. The molecule has 3 aromatic carbocycles. The van der Waals surface area contributed by atoms with Gasteiger partial charge in [0.2, 0.25) is 5.91 Å². The molecule has 1 atom stereocenters. The maximum absolute atomic E-state index is 12.6. The van der Waals surface area contributed by atoms with E-state index in [4.69, 9.17) is 0 Å². The maximum atomic E-state index is 12.6. The molecule has 1 unspecified atom stereocenters. The van der Waals surface area contributed by atoms with E-state index in [9.17, 15) is 9.59 Å².